The number of nitrogens with one attached hydrogen (secondary N) is 1. The van der Waals surface area contributed by atoms with Crippen LogP contribution in [0.1, 0.15) is 28.7 Å². The lowest BCUT2D eigenvalue weighted by molar-refractivity contribution is -0.137. The number of benzene rings is 2. The zero-order valence-electron chi connectivity index (χ0n) is 18.0. The monoisotopic (exact) mass is 456 g/mol. The van der Waals surface area contributed by atoms with Gasteiger partial charge in [0.2, 0.25) is 11.8 Å². The molecule has 2 amide bonds. The fourth-order valence-electron chi connectivity index (χ4n) is 3.83. The van der Waals surface area contributed by atoms with Gasteiger partial charge in [-0.1, -0.05) is 42.0 Å². The summed E-state index contributed by atoms with van der Waals surface area (Å²) in [6.45, 7) is 2.65. The van der Waals surface area contributed by atoms with Gasteiger partial charge in [0.05, 0.1) is 24.2 Å². The molecule has 3 aromatic rings. The van der Waals surface area contributed by atoms with Crippen LogP contribution in [0, 0.1) is 12.8 Å². The van der Waals surface area contributed by atoms with Crippen LogP contribution in [-0.4, -0.2) is 33.0 Å². The van der Waals surface area contributed by atoms with E-state index in [1.54, 1.807) is 23.0 Å². The summed E-state index contributed by atoms with van der Waals surface area (Å²) >= 11 is 0. The number of rotatable bonds is 6. The maximum atomic E-state index is 13.0. The lowest BCUT2D eigenvalue weighted by Crippen LogP contribution is -2.28. The van der Waals surface area contributed by atoms with Crippen LogP contribution in [0.25, 0.3) is 0 Å². The molecule has 0 bridgehead atoms. The van der Waals surface area contributed by atoms with E-state index in [0.717, 1.165) is 23.3 Å². The van der Waals surface area contributed by atoms with E-state index in [9.17, 15) is 22.8 Å². The molecule has 2 heterocycles. The van der Waals surface area contributed by atoms with Crippen molar-refractivity contribution in [1.82, 2.24) is 14.7 Å². The highest BCUT2D eigenvalue weighted by molar-refractivity contribution is 5.96. The van der Waals surface area contributed by atoms with Crippen molar-refractivity contribution in [2.24, 2.45) is 5.92 Å². The van der Waals surface area contributed by atoms with Gasteiger partial charge in [0.1, 0.15) is 5.82 Å². The van der Waals surface area contributed by atoms with Crippen LogP contribution in [0.4, 0.5) is 19.0 Å². The van der Waals surface area contributed by atoms with E-state index in [-0.39, 0.29) is 31.3 Å². The van der Waals surface area contributed by atoms with Gasteiger partial charge in [-0.05, 0) is 30.2 Å². The van der Waals surface area contributed by atoms with E-state index in [1.165, 1.54) is 11.0 Å². The van der Waals surface area contributed by atoms with Crippen LogP contribution < -0.4 is 5.32 Å². The number of alkyl halides is 3. The first-order chi connectivity index (χ1) is 15.7. The summed E-state index contributed by atoms with van der Waals surface area (Å²) in [5.41, 5.74) is 1.79. The summed E-state index contributed by atoms with van der Waals surface area (Å²) in [5, 5.41) is 7.09. The molecule has 0 aliphatic carbocycles. The van der Waals surface area contributed by atoms with Crippen molar-refractivity contribution in [3.63, 3.8) is 0 Å². The molecule has 1 aliphatic heterocycles. The summed E-state index contributed by atoms with van der Waals surface area (Å²) < 4.78 is 40.5. The minimum absolute atomic E-state index is 0.0108. The third-order valence-corrected chi connectivity index (χ3v) is 5.63. The van der Waals surface area contributed by atoms with Crippen LogP contribution in [0.15, 0.2) is 60.8 Å². The number of hydrogen-bond acceptors (Lipinski definition) is 3. The van der Waals surface area contributed by atoms with E-state index >= 15 is 0 Å². The molecule has 0 spiro atoms. The molecule has 1 unspecified atom stereocenters. The van der Waals surface area contributed by atoms with Gasteiger partial charge in [0, 0.05) is 25.6 Å². The number of aromatic nitrogens is 2. The lowest BCUT2D eigenvalue weighted by Gasteiger charge is -2.18. The highest BCUT2D eigenvalue weighted by Crippen LogP contribution is 2.30. The molecule has 2 aromatic carbocycles. The third-order valence-electron chi connectivity index (χ3n) is 5.63. The Morgan fingerprint density at radius 3 is 2.58 bits per heavy atom. The summed E-state index contributed by atoms with van der Waals surface area (Å²) in [5.74, 6) is -0.656. The average Bonchev–Trinajstić information content (AvgIpc) is 3.35. The largest absolute Gasteiger partial charge is 0.416 e. The molecule has 1 atom stereocenters. The molecule has 1 aromatic heterocycles. The standard InChI is InChI=1S/C24H23F3N4O2/c1-16-5-7-17(8-6-16)14-31-21(9-10-28-31)29-23(33)19-12-22(32)30(15-19)13-18-3-2-4-20(11-18)24(25,26)27/h2-11,19H,12-15H2,1H3,(H,29,33). The van der Waals surface area contributed by atoms with Gasteiger partial charge >= 0.3 is 6.18 Å². The zero-order valence-corrected chi connectivity index (χ0v) is 18.0. The third kappa shape index (κ3) is 5.42. The van der Waals surface area contributed by atoms with Gasteiger partial charge in [-0.3, -0.25) is 9.59 Å². The summed E-state index contributed by atoms with van der Waals surface area (Å²) in [7, 11) is 0. The van der Waals surface area contributed by atoms with Gasteiger partial charge in [-0.25, -0.2) is 4.68 Å². The summed E-state index contributed by atoms with van der Waals surface area (Å²) in [6, 6.07) is 14.5. The van der Waals surface area contributed by atoms with Crippen molar-refractivity contribution in [2.75, 3.05) is 11.9 Å². The van der Waals surface area contributed by atoms with Gasteiger partial charge < -0.3 is 10.2 Å². The summed E-state index contributed by atoms with van der Waals surface area (Å²) in [4.78, 5) is 26.7. The van der Waals surface area contributed by atoms with Crippen LogP contribution in [-0.2, 0) is 28.9 Å². The fourth-order valence-corrected chi connectivity index (χ4v) is 3.83. The van der Waals surface area contributed by atoms with Crippen LogP contribution in [0.2, 0.25) is 0 Å². The molecule has 33 heavy (non-hydrogen) atoms. The van der Waals surface area contributed by atoms with E-state index in [1.807, 2.05) is 31.2 Å². The van der Waals surface area contributed by atoms with Crippen molar-refractivity contribution >= 4 is 17.6 Å². The van der Waals surface area contributed by atoms with Gasteiger partial charge in [-0.15, -0.1) is 0 Å². The number of likely N-dealkylation sites (tertiary alicyclic amines) is 1. The van der Waals surface area contributed by atoms with Crippen LogP contribution in [0.5, 0.6) is 0 Å². The first-order valence-corrected chi connectivity index (χ1v) is 10.5. The Labute approximate surface area is 189 Å². The first-order valence-electron chi connectivity index (χ1n) is 10.5. The molecule has 1 aliphatic rings. The molecule has 172 valence electrons. The van der Waals surface area contributed by atoms with Crippen molar-refractivity contribution in [3.8, 4) is 0 Å². The van der Waals surface area contributed by atoms with Gasteiger partial charge in [0.25, 0.3) is 0 Å². The van der Waals surface area contributed by atoms with Crippen LogP contribution in [0.3, 0.4) is 0 Å². The number of carbonyl (C=O) groups excluding carboxylic acids is 2. The Hall–Kier alpha value is -3.62. The predicted octanol–water partition coefficient (Wildman–Crippen LogP) is 4.25. The molecule has 6 nitrogen and oxygen atoms in total. The molecular formula is C24H23F3N4O2. The molecular weight excluding hydrogens is 433 g/mol. The second kappa shape index (κ2) is 9.09. The quantitative estimate of drug-likeness (QED) is 0.603. The van der Waals surface area contributed by atoms with Crippen molar-refractivity contribution in [3.05, 3.63) is 83.0 Å². The predicted molar refractivity (Wildman–Crippen MR) is 116 cm³/mol. The second-order valence-corrected chi connectivity index (χ2v) is 8.22. The second-order valence-electron chi connectivity index (χ2n) is 8.22. The molecule has 1 N–H and O–H groups in total. The number of anilines is 1. The number of amides is 2. The van der Waals surface area contributed by atoms with Crippen LogP contribution >= 0.6 is 0 Å². The highest BCUT2D eigenvalue weighted by atomic mass is 19.4. The normalized spacial score (nSPS) is 16.3. The maximum absolute atomic E-state index is 13.0. The Morgan fingerprint density at radius 1 is 1.09 bits per heavy atom. The van der Waals surface area contributed by atoms with Gasteiger partial charge in [0.15, 0.2) is 0 Å². The number of hydrogen-bond donors (Lipinski definition) is 1. The van der Waals surface area contributed by atoms with Gasteiger partial charge in [-0.2, -0.15) is 18.3 Å². The molecule has 9 heteroatoms. The molecule has 1 saturated heterocycles. The van der Waals surface area contributed by atoms with E-state index in [0.29, 0.717) is 17.9 Å². The van der Waals surface area contributed by atoms with Crippen molar-refractivity contribution in [1.29, 1.82) is 0 Å². The Bertz CT molecular complexity index is 1160. The number of aryl methyl sites for hydroxylation is 1. The maximum Gasteiger partial charge on any atom is 0.416 e. The number of carbonyl (C=O) groups is 2. The van der Waals surface area contributed by atoms with E-state index in [4.69, 9.17) is 0 Å². The molecule has 0 saturated carbocycles. The smallest absolute Gasteiger partial charge is 0.338 e. The SMILES string of the molecule is Cc1ccc(Cn2nccc2NC(=O)C2CC(=O)N(Cc3cccc(C(F)(F)F)c3)C2)cc1. The Morgan fingerprint density at radius 2 is 1.85 bits per heavy atom. The van der Waals surface area contributed by atoms with Crippen molar-refractivity contribution in [2.45, 2.75) is 32.6 Å². The zero-order chi connectivity index (χ0) is 23.6. The van der Waals surface area contributed by atoms with E-state index < -0.39 is 17.7 Å². The fraction of sp³-hybridized carbons (Fsp3) is 0.292. The Balaban J connectivity index is 1.38. The van der Waals surface area contributed by atoms with Crippen molar-refractivity contribution < 1.29 is 22.8 Å². The van der Waals surface area contributed by atoms with E-state index in [2.05, 4.69) is 10.4 Å². The molecule has 1 fully saturated rings. The topological polar surface area (TPSA) is 67.2 Å². The number of halogens is 3. The Kier molecular flexibility index (Phi) is 6.22. The minimum atomic E-state index is -4.45. The molecule has 4 rings (SSSR count). The summed E-state index contributed by atoms with van der Waals surface area (Å²) in [6.07, 6.45) is -2.85. The first kappa shape index (κ1) is 22.6. The minimum Gasteiger partial charge on any atom is -0.338 e. The molecule has 0 radical (unpaired) electrons. The number of nitrogens with zero attached hydrogens (tertiary/aromatic N) is 3. The average molecular weight is 456 g/mol. The lowest BCUT2D eigenvalue weighted by atomic mass is 10.1. The highest BCUT2D eigenvalue weighted by Gasteiger charge is 2.35.